The van der Waals surface area contributed by atoms with Gasteiger partial charge in [-0.3, -0.25) is 9.69 Å². The minimum atomic E-state index is -1.09. The number of aromatic carboxylic acids is 1. The van der Waals surface area contributed by atoms with Crippen LogP contribution in [-0.4, -0.2) is 42.0 Å². The second-order valence-corrected chi connectivity index (χ2v) is 4.94. The van der Waals surface area contributed by atoms with Gasteiger partial charge in [-0.15, -0.1) is 0 Å². The SMILES string of the molecule is CC(C)CNC(=O)CN(C)Cc1ccc(C(=O)O)o1. The fraction of sp³-hybridized carbons (Fsp3) is 0.538. The Morgan fingerprint density at radius 2 is 2.11 bits per heavy atom. The third-order valence-electron chi connectivity index (χ3n) is 2.42. The Morgan fingerprint density at radius 1 is 1.42 bits per heavy atom. The van der Waals surface area contributed by atoms with Gasteiger partial charge in [0, 0.05) is 6.54 Å². The molecule has 1 amide bonds. The highest BCUT2D eigenvalue weighted by molar-refractivity contribution is 5.84. The van der Waals surface area contributed by atoms with Crippen LogP contribution in [0.25, 0.3) is 0 Å². The summed E-state index contributed by atoms with van der Waals surface area (Å²) in [4.78, 5) is 24.0. The van der Waals surface area contributed by atoms with E-state index in [1.54, 1.807) is 18.0 Å². The molecule has 0 saturated carbocycles. The molecule has 106 valence electrons. The number of hydrogen-bond acceptors (Lipinski definition) is 4. The molecule has 1 rings (SSSR count). The summed E-state index contributed by atoms with van der Waals surface area (Å²) in [6.45, 7) is 5.34. The minimum absolute atomic E-state index is 0.0544. The van der Waals surface area contributed by atoms with E-state index in [1.165, 1.54) is 6.07 Å². The Kier molecular flexibility index (Phi) is 5.57. The van der Waals surface area contributed by atoms with Gasteiger partial charge in [0.25, 0.3) is 0 Å². The lowest BCUT2D eigenvalue weighted by Gasteiger charge is -2.15. The zero-order chi connectivity index (χ0) is 14.4. The van der Waals surface area contributed by atoms with Crippen molar-refractivity contribution in [3.8, 4) is 0 Å². The van der Waals surface area contributed by atoms with Crippen LogP contribution in [0.1, 0.15) is 30.2 Å². The second kappa shape index (κ2) is 6.94. The van der Waals surface area contributed by atoms with Crippen molar-refractivity contribution in [2.75, 3.05) is 20.1 Å². The molecule has 19 heavy (non-hydrogen) atoms. The zero-order valence-electron chi connectivity index (χ0n) is 11.5. The van der Waals surface area contributed by atoms with E-state index in [0.717, 1.165) is 0 Å². The molecular formula is C13H20N2O4. The molecule has 0 saturated heterocycles. The van der Waals surface area contributed by atoms with Crippen molar-refractivity contribution in [3.05, 3.63) is 23.7 Å². The summed E-state index contributed by atoms with van der Waals surface area (Å²) in [6, 6.07) is 3.01. The molecule has 0 fully saturated rings. The number of likely N-dealkylation sites (N-methyl/N-ethyl adjacent to an activating group) is 1. The maximum atomic E-state index is 11.6. The molecule has 0 aliphatic carbocycles. The van der Waals surface area contributed by atoms with E-state index in [4.69, 9.17) is 9.52 Å². The van der Waals surface area contributed by atoms with Crippen LogP contribution in [0, 0.1) is 5.92 Å². The highest BCUT2D eigenvalue weighted by Crippen LogP contribution is 2.09. The number of carboxylic acids is 1. The summed E-state index contributed by atoms with van der Waals surface area (Å²) in [5.41, 5.74) is 0. The van der Waals surface area contributed by atoms with Crippen LogP contribution < -0.4 is 5.32 Å². The fourth-order valence-electron chi connectivity index (χ4n) is 1.52. The third kappa shape index (κ3) is 5.56. The molecule has 0 bridgehead atoms. The number of carbonyl (C=O) groups excluding carboxylic acids is 1. The number of nitrogens with one attached hydrogen (secondary N) is 1. The van der Waals surface area contributed by atoms with Crippen LogP contribution in [0.5, 0.6) is 0 Å². The molecule has 0 unspecified atom stereocenters. The lowest BCUT2D eigenvalue weighted by atomic mass is 10.2. The standard InChI is InChI=1S/C13H20N2O4/c1-9(2)6-14-12(16)8-15(3)7-10-4-5-11(19-10)13(17)18/h4-5,9H,6-8H2,1-3H3,(H,14,16)(H,17,18). The molecule has 0 radical (unpaired) electrons. The maximum absolute atomic E-state index is 11.6. The Balaban J connectivity index is 2.39. The van der Waals surface area contributed by atoms with E-state index in [1.807, 2.05) is 13.8 Å². The van der Waals surface area contributed by atoms with Gasteiger partial charge in [0.15, 0.2) is 0 Å². The van der Waals surface area contributed by atoms with Crippen LogP contribution in [0.3, 0.4) is 0 Å². The molecule has 1 heterocycles. The predicted molar refractivity (Wildman–Crippen MR) is 69.8 cm³/mol. The van der Waals surface area contributed by atoms with Gasteiger partial charge in [-0.2, -0.15) is 0 Å². The van der Waals surface area contributed by atoms with Crippen LogP contribution in [-0.2, 0) is 11.3 Å². The zero-order valence-corrected chi connectivity index (χ0v) is 11.5. The molecule has 2 N–H and O–H groups in total. The first kappa shape index (κ1) is 15.2. The summed E-state index contributed by atoms with van der Waals surface area (Å²) in [6.07, 6.45) is 0. The predicted octanol–water partition coefficient (Wildman–Crippen LogP) is 1.18. The molecule has 6 nitrogen and oxygen atoms in total. The number of carbonyl (C=O) groups is 2. The molecular weight excluding hydrogens is 248 g/mol. The van der Waals surface area contributed by atoms with E-state index in [2.05, 4.69) is 5.32 Å². The van der Waals surface area contributed by atoms with E-state index in [0.29, 0.717) is 24.8 Å². The fourth-order valence-corrected chi connectivity index (χ4v) is 1.52. The lowest BCUT2D eigenvalue weighted by Crippen LogP contribution is -2.36. The largest absolute Gasteiger partial charge is 0.475 e. The topological polar surface area (TPSA) is 82.8 Å². The molecule has 0 atom stereocenters. The molecule has 1 aromatic rings. The van der Waals surface area contributed by atoms with Crippen LogP contribution in [0.15, 0.2) is 16.5 Å². The average Bonchev–Trinajstić information content (AvgIpc) is 2.74. The monoisotopic (exact) mass is 268 g/mol. The Hall–Kier alpha value is -1.82. The smallest absolute Gasteiger partial charge is 0.371 e. The van der Waals surface area contributed by atoms with Gasteiger partial charge in [-0.25, -0.2) is 4.79 Å². The molecule has 1 aromatic heterocycles. The molecule has 0 aliphatic heterocycles. The van der Waals surface area contributed by atoms with Gasteiger partial charge in [0.05, 0.1) is 13.1 Å². The first-order chi connectivity index (χ1) is 8.88. The minimum Gasteiger partial charge on any atom is -0.475 e. The van der Waals surface area contributed by atoms with E-state index in [-0.39, 0.29) is 18.2 Å². The lowest BCUT2D eigenvalue weighted by molar-refractivity contribution is -0.122. The Morgan fingerprint density at radius 3 is 2.63 bits per heavy atom. The molecule has 0 aliphatic rings. The Labute approximate surface area is 112 Å². The number of hydrogen-bond donors (Lipinski definition) is 2. The summed E-state index contributed by atoms with van der Waals surface area (Å²) >= 11 is 0. The van der Waals surface area contributed by atoms with Gasteiger partial charge >= 0.3 is 5.97 Å². The van der Waals surface area contributed by atoms with E-state index >= 15 is 0 Å². The highest BCUT2D eigenvalue weighted by atomic mass is 16.4. The highest BCUT2D eigenvalue weighted by Gasteiger charge is 2.12. The van der Waals surface area contributed by atoms with Crippen LogP contribution in [0.4, 0.5) is 0 Å². The van der Waals surface area contributed by atoms with Crippen molar-refractivity contribution >= 4 is 11.9 Å². The van der Waals surface area contributed by atoms with E-state index in [9.17, 15) is 9.59 Å². The van der Waals surface area contributed by atoms with Gasteiger partial charge in [0.1, 0.15) is 5.76 Å². The summed E-state index contributed by atoms with van der Waals surface area (Å²) < 4.78 is 5.12. The van der Waals surface area contributed by atoms with Crippen molar-refractivity contribution in [2.45, 2.75) is 20.4 Å². The number of rotatable bonds is 7. The normalized spacial score (nSPS) is 11.0. The quantitative estimate of drug-likeness (QED) is 0.776. The van der Waals surface area contributed by atoms with Crippen molar-refractivity contribution in [1.29, 1.82) is 0 Å². The summed E-state index contributed by atoms with van der Waals surface area (Å²) in [5, 5.41) is 11.5. The van der Waals surface area contributed by atoms with Crippen molar-refractivity contribution in [2.24, 2.45) is 5.92 Å². The second-order valence-electron chi connectivity index (χ2n) is 4.94. The van der Waals surface area contributed by atoms with Crippen LogP contribution in [0.2, 0.25) is 0 Å². The first-order valence-corrected chi connectivity index (χ1v) is 6.15. The van der Waals surface area contributed by atoms with Crippen molar-refractivity contribution in [3.63, 3.8) is 0 Å². The molecule has 0 spiro atoms. The molecule has 0 aromatic carbocycles. The van der Waals surface area contributed by atoms with Crippen LogP contribution >= 0.6 is 0 Å². The first-order valence-electron chi connectivity index (χ1n) is 6.15. The van der Waals surface area contributed by atoms with Gasteiger partial charge in [-0.1, -0.05) is 13.8 Å². The van der Waals surface area contributed by atoms with Gasteiger partial charge in [0.2, 0.25) is 11.7 Å². The average molecular weight is 268 g/mol. The Bertz CT molecular complexity index is 440. The number of amides is 1. The number of carboxylic acid groups (broad SMARTS) is 1. The molecule has 6 heteroatoms. The van der Waals surface area contributed by atoms with Gasteiger partial charge < -0.3 is 14.8 Å². The van der Waals surface area contributed by atoms with Crippen molar-refractivity contribution < 1.29 is 19.1 Å². The summed E-state index contributed by atoms with van der Waals surface area (Å²) in [5.74, 6) is -0.300. The maximum Gasteiger partial charge on any atom is 0.371 e. The summed E-state index contributed by atoms with van der Waals surface area (Å²) in [7, 11) is 1.78. The van der Waals surface area contributed by atoms with Crippen molar-refractivity contribution in [1.82, 2.24) is 10.2 Å². The number of furan rings is 1. The third-order valence-corrected chi connectivity index (χ3v) is 2.42. The number of nitrogens with zero attached hydrogens (tertiary/aromatic N) is 1. The van der Waals surface area contributed by atoms with Gasteiger partial charge in [-0.05, 0) is 25.1 Å². The van der Waals surface area contributed by atoms with E-state index < -0.39 is 5.97 Å².